The maximum absolute atomic E-state index is 9.79. The van der Waals surface area contributed by atoms with Gasteiger partial charge in [-0.3, -0.25) is 0 Å². The van der Waals surface area contributed by atoms with Gasteiger partial charge in [0.05, 0.1) is 12.7 Å². The van der Waals surface area contributed by atoms with E-state index in [1.54, 1.807) is 19.1 Å². The molecule has 0 bridgehead atoms. The first-order valence-corrected chi connectivity index (χ1v) is 7.24. The van der Waals surface area contributed by atoms with Crippen molar-refractivity contribution in [1.82, 2.24) is 0 Å². The van der Waals surface area contributed by atoms with Gasteiger partial charge in [0, 0.05) is 19.6 Å². The van der Waals surface area contributed by atoms with Gasteiger partial charge in [-0.15, -0.1) is 0 Å². The number of aliphatic hydroxyl groups is 2. The van der Waals surface area contributed by atoms with Gasteiger partial charge < -0.3 is 35.3 Å². The molecule has 7 heteroatoms. The molecule has 0 spiro atoms. The van der Waals surface area contributed by atoms with Crippen molar-refractivity contribution in [3.8, 4) is 11.5 Å². The highest BCUT2D eigenvalue weighted by atomic mass is 16.7. The fourth-order valence-electron chi connectivity index (χ4n) is 1.70. The second-order valence-corrected chi connectivity index (χ2v) is 4.82. The molecule has 22 heavy (non-hydrogen) atoms. The van der Waals surface area contributed by atoms with Gasteiger partial charge in [-0.25, -0.2) is 0 Å². The van der Waals surface area contributed by atoms with Crippen LogP contribution >= 0.6 is 0 Å². The Hall–Kier alpha value is -1.38. The lowest BCUT2D eigenvalue weighted by molar-refractivity contribution is -0.200. The summed E-state index contributed by atoms with van der Waals surface area (Å²) < 4.78 is 16.5. The summed E-state index contributed by atoms with van der Waals surface area (Å²) >= 11 is 0. The molecule has 0 radical (unpaired) electrons. The van der Waals surface area contributed by atoms with Crippen molar-refractivity contribution in [2.45, 2.75) is 31.8 Å². The average Bonchev–Trinajstić information content (AvgIpc) is 2.50. The van der Waals surface area contributed by atoms with Gasteiger partial charge >= 0.3 is 0 Å². The predicted octanol–water partition coefficient (Wildman–Crippen LogP) is 0.221. The normalized spacial score (nSPS) is 15.3. The van der Waals surface area contributed by atoms with Crippen molar-refractivity contribution in [2.24, 2.45) is 5.73 Å². The lowest BCUT2D eigenvalue weighted by Crippen LogP contribution is -2.38. The Labute approximate surface area is 130 Å². The van der Waals surface area contributed by atoms with Crippen LogP contribution in [0.5, 0.6) is 11.5 Å². The first-order chi connectivity index (χ1) is 10.6. The zero-order valence-corrected chi connectivity index (χ0v) is 12.7. The molecule has 1 aromatic carbocycles. The number of hydrogen-bond acceptors (Lipinski definition) is 7. The highest BCUT2D eigenvalue weighted by molar-refractivity contribution is 5.30. The Kier molecular flexibility index (Phi) is 8.79. The molecule has 0 saturated heterocycles. The summed E-state index contributed by atoms with van der Waals surface area (Å²) in [6.45, 7) is 2.24. The molecule has 0 aromatic heterocycles. The number of ether oxygens (including phenoxy) is 3. The molecule has 0 heterocycles. The van der Waals surface area contributed by atoms with E-state index >= 15 is 0 Å². The number of aliphatic hydroxyl groups excluding tert-OH is 2. The molecule has 0 aliphatic carbocycles. The van der Waals surface area contributed by atoms with E-state index in [1.165, 1.54) is 12.1 Å². The van der Waals surface area contributed by atoms with Crippen molar-refractivity contribution in [2.75, 3.05) is 26.4 Å². The average molecular weight is 315 g/mol. The third-order valence-corrected chi connectivity index (χ3v) is 2.90. The number of hydrogen-bond donors (Lipinski definition) is 4. The highest BCUT2D eigenvalue weighted by Gasteiger charge is 2.22. The van der Waals surface area contributed by atoms with Crippen LogP contribution in [0.1, 0.15) is 13.3 Å². The lowest BCUT2D eigenvalue weighted by atomic mass is 10.2. The fraction of sp³-hybridized carbons (Fsp3) is 0.600. The van der Waals surface area contributed by atoms with Crippen LogP contribution in [0.3, 0.4) is 0 Å². The second-order valence-electron chi connectivity index (χ2n) is 4.82. The molecule has 3 unspecified atom stereocenters. The number of nitrogens with two attached hydrogens (primary N) is 1. The van der Waals surface area contributed by atoms with Crippen molar-refractivity contribution in [3.63, 3.8) is 0 Å². The van der Waals surface area contributed by atoms with Gasteiger partial charge in [-0.1, -0.05) is 0 Å². The van der Waals surface area contributed by atoms with Crippen molar-refractivity contribution in [3.05, 3.63) is 24.3 Å². The van der Waals surface area contributed by atoms with Crippen molar-refractivity contribution in [1.29, 1.82) is 0 Å². The topological polar surface area (TPSA) is 114 Å². The first kappa shape index (κ1) is 18.7. The van der Waals surface area contributed by atoms with Gasteiger partial charge in [0.2, 0.25) is 0 Å². The van der Waals surface area contributed by atoms with E-state index in [9.17, 15) is 10.2 Å². The Balaban J connectivity index is 2.53. The SMILES string of the molecule is CC(O)C(COc1ccc(O)cc1)OC(CCO)OCCN. The van der Waals surface area contributed by atoms with Crippen LogP contribution in [0, 0.1) is 0 Å². The maximum atomic E-state index is 9.79. The minimum atomic E-state index is -0.778. The summed E-state index contributed by atoms with van der Waals surface area (Å²) in [5, 5.41) is 28.0. The lowest BCUT2D eigenvalue weighted by Gasteiger charge is -2.26. The maximum Gasteiger partial charge on any atom is 0.160 e. The minimum Gasteiger partial charge on any atom is -0.508 e. The number of rotatable bonds is 11. The van der Waals surface area contributed by atoms with E-state index in [2.05, 4.69) is 0 Å². The smallest absolute Gasteiger partial charge is 0.160 e. The molecule has 0 saturated carbocycles. The number of phenols is 1. The van der Waals surface area contributed by atoms with Crippen LogP contribution in [0.25, 0.3) is 0 Å². The van der Waals surface area contributed by atoms with Crippen molar-refractivity contribution >= 4 is 0 Å². The van der Waals surface area contributed by atoms with E-state index in [4.69, 9.17) is 25.1 Å². The van der Waals surface area contributed by atoms with Gasteiger partial charge in [-0.05, 0) is 31.2 Å². The quantitative estimate of drug-likeness (QED) is 0.432. The van der Waals surface area contributed by atoms with Gasteiger partial charge in [0.25, 0.3) is 0 Å². The first-order valence-electron chi connectivity index (χ1n) is 7.24. The number of aromatic hydroxyl groups is 1. The molecule has 1 aromatic rings. The van der Waals surface area contributed by atoms with E-state index in [0.29, 0.717) is 18.9 Å². The summed E-state index contributed by atoms with van der Waals surface area (Å²) in [7, 11) is 0. The van der Waals surface area contributed by atoms with Crippen LogP contribution in [0.15, 0.2) is 24.3 Å². The molecular weight excluding hydrogens is 290 g/mol. The Morgan fingerprint density at radius 3 is 2.45 bits per heavy atom. The fourth-order valence-corrected chi connectivity index (χ4v) is 1.70. The standard InChI is InChI=1S/C15H25NO6/c1-11(18)14(22-15(6-8-17)20-9-7-16)10-21-13-4-2-12(19)3-5-13/h2-5,11,14-15,17-19H,6-10,16H2,1H3. The summed E-state index contributed by atoms with van der Waals surface area (Å²) in [4.78, 5) is 0. The minimum absolute atomic E-state index is 0.0966. The van der Waals surface area contributed by atoms with Crippen LogP contribution in [-0.4, -0.2) is 60.2 Å². The summed E-state index contributed by atoms with van der Waals surface area (Å²) in [5.41, 5.74) is 5.37. The third kappa shape index (κ3) is 7.06. The summed E-state index contributed by atoms with van der Waals surface area (Å²) in [6.07, 6.45) is -1.78. The molecule has 0 aliphatic rings. The van der Waals surface area contributed by atoms with E-state index in [0.717, 1.165) is 0 Å². The molecule has 0 amide bonds. The molecule has 0 fully saturated rings. The predicted molar refractivity (Wildman–Crippen MR) is 80.7 cm³/mol. The summed E-state index contributed by atoms with van der Waals surface area (Å²) in [5.74, 6) is 0.697. The molecule has 7 nitrogen and oxygen atoms in total. The Morgan fingerprint density at radius 1 is 1.23 bits per heavy atom. The number of phenolic OH excluding ortho intramolecular Hbond substituents is 1. The highest BCUT2D eigenvalue weighted by Crippen LogP contribution is 2.17. The zero-order valence-electron chi connectivity index (χ0n) is 12.7. The molecule has 5 N–H and O–H groups in total. The van der Waals surface area contributed by atoms with Gasteiger partial charge in [-0.2, -0.15) is 0 Å². The summed E-state index contributed by atoms with van der Waals surface area (Å²) in [6, 6.07) is 6.24. The van der Waals surface area contributed by atoms with E-state index in [-0.39, 0.29) is 25.4 Å². The number of benzene rings is 1. The van der Waals surface area contributed by atoms with E-state index in [1.807, 2.05) is 0 Å². The second kappa shape index (κ2) is 10.4. The molecule has 126 valence electrons. The Bertz CT molecular complexity index is 398. The monoisotopic (exact) mass is 315 g/mol. The third-order valence-electron chi connectivity index (χ3n) is 2.90. The van der Waals surface area contributed by atoms with Crippen LogP contribution in [0.4, 0.5) is 0 Å². The van der Waals surface area contributed by atoms with Crippen LogP contribution < -0.4 is 10.5 Å². The molecule has 0 aliphatic heterocycles. The molecule has 1 rings (SSSR count). The van der Waals surface area contributed by atoms with Crippen molar-refractivity contribution < 1.29 is 29.5 Å². The molecular formula is C15H25NO6. The van der Waals surface area contributed by atoms with Crippen LogP contribution in [-0.2, 0) is 9.47 Å². The largest absolute Gasteiger partial charge is 0.508 e. The molecule has 3 atom stereocenters. The van der Waals surface area contributed by atoms with Gasteiger partial charge in [0.1, 0.15) is 24.2 Å². The Morgan fingerprint density at radius 2 is 1.91 bits per heavy atom. The van der Waals surface area contributed by atoms with Crippen LogP contribution in [0.2, 0.25) is 0 Å². The zero-order chi connectivity index (χ0) is 16.4. The van der Waals surface area contributed by atoms with Gasteiger partial charge in [0.15, 0.2) is 6.29 Å². The van der Waals surface area contributed by atoms with E-state index < -0.39 is 18.5 Å².